The second kappa shape index (κ2) is 40.8. The van der Waals surface area contributed by atoms with Gasteiger partial charge in [-0.1, -0.05) is 310 Å². The molecule has 0 radical (unpaired) electrons. The van der Waals surface area contributed by atoms with Crippen molar-refractivity contribution in [3.05, 3.63) is 107 Å². The molecule has 0 aliphatic heterocycles. The predicted octanol–water partition coefficient (Wildman–Crippen LogP) is 20.1. The molecule has 2 fully saturated rings. The van der Waals surface area contributed by atoms with Crippen molar-refractivity contribution in [3.63, 3.8) is 0 Å². The summed E-state index contributed by atoms with van der Waals surface area (Å²) in [6.07, 6.45) is 65.1. The minimum atomic E-state index is -1.53. The van der Waals surface area contributed by atoms with Gasteiger partial charge in [0.15, 0.2) is 0 Å². The lowest BCUT2D eigenvalue weighted by Crippen LogP contribution is -2.65. The van der Waals surface area contributed by atoms with Gasteiger partial charge in [0.05, 0.1) is 11.2 Å². The van der Waals surface area contributed by atoms with Crippen LogP contribution in [0.1, 0.15) is 308 Å². The Bertz CT molecular complexity index is 2060. The fraction of sp³-hybridized carbons (Fsp3) is 0.733. The zero-order chi connectivity index (χ0) is 61.7. The number of allylic oxidation sites excluding steroid dienone is 16. The van der Waals surface area contributed by atoms with Crippen LogP contribution in [0.2, 0.25) is 0 Å². The molecular weight excluding hydrogens is 1030 g/mol. The molecule has 0 saturated heterocycles. The number of hydrogen-bond donors (Lipinski definition) is 4. The maximum Gasteiger partial charge on any atom is 0.306 e. The third kappa shape index (κ3) is 29.6. The Morgan fingerprint density at radius 1 is 0.361 bits per heavy atom. The van der Waals surface area contributed by atoms with Crippen molar-refractivity contribution >= 4 is 11.9 Å². The van der Waals surface area contributed by atoms with Crippen molar-refractivity contribution in [2.45, 2.75) is 342 Å². The molecule has 0 aromatic rings. The molecule has 0 spiro atoms. The van der Waals surface area contributed by atoms with Gasteiger partial charge in [0, 0.05) is 36.5 Å². The smallest absolute Gasteiger partial charge is 0.306 e. The van der Waals surface area contributed by atoms with E-state index < -0.39 is 45.4 Å². The molecule has 2 saturated carbocycles. The molecule has 8 nitrogen and oxygen atoms in total. The Morgan fingerprint density at radius 2 is 0.602 bits per heavy atom. The van der Waals surface area contributed by atoms with Gasteiger partial charge in [0.2, 0.25) is 0 Å². The third-order valence-corrected chi connectivity index (χ3v) is 18.2. The average Bonchev–Trinajstić information content (AvgIpc) is 1.28. The van der Waals surface area contributed by atoms with Crippen LogP contribution in [0.4, 0.5) is 0 Å². The summed E-state index contributed by atoms with van der Waals surface area (Å²) < 4.78 is 11.8. The van der Waals surface area contributed by atoms with Crippen LogP contribution in [0, 0.1) is 10.8 Å². The van der Waals surface area contributed by atoms with Gasteiger partial charge in [-0.2, -0.15) is 0 Å². The quantitative estimate of drug-likeness (QED) is 0.0270. The van der Waals surface area contributed by atoms with E-state index >= 15 is 0 Å². The molecule has 4 N–H and O–H groups in total. The number of unbranched alkanes of at least 4 members (excludes halogenated alkanes) is 27. The van der Waals surface area contributed by atoms with Crippen LogP contribution in [-0.2, 0) is 19.1 Å². The SMILES string of the molecule is CCCCCCCCCCCCCCCCCC(=O)O[C@H]1CC(C)(C)[C@](O)(/C=C/C(C)=C/C=C/C(C)=C/C=C/C=C(C)/C=C/C=C(C)/C=C/[C@@]2(O)C(C)(C)C[C@H](OC(=O)CCCCCCCCCCCCCCCC)C[C@@]2(C)O)[C@](C)(O)C1. The summed E-state index contributed by atoms with van der Waals surface area (Å²) in [5.41, 5.74) is -3.59. The van der Waals surface area contributed by atoms with Crippen LogP contribution in [0.5, 0.6) is 0 Å². The highest BCUT2D eigenvalue weighted by Gasteiger charge is 2.60. The molecule has 0 unspecified atom stereocenters. The maximum atomic E-state index is 12.9. The predicted molar refractivity (Wildman–Crippen MR) is 352 cm³/mol. The molecule has 2 rings (SSSR count). The average molecular weight is 1160 g/mol. The van der Waals surface area contributed by atoms with Crippen LogP contribution in [0.25, 0.3) is 0 Å². The first-order valence-corrected chi connectivity index (χ1v) is 33.7. The van der Waals surface area contributed by atoms with Gasteiger partial charge in [-0.05, 0) is 79.4 Å². The van der Waals surface area contributed by atoms with Gasteiger partial charge in [0.1, 0.15) is 23.4 Å². The fourth-order valence-corrected chi connectivity index (χ4v) is 12.7. The van der Waals surface area contributed by atoms with Gasteiger partial charge in [-0.25, -0.2) is 0 Å². The molecule has 0 heterocycles. The van der Waals surface area contributed by atoms with E-state index in [1.165, 1.54) is 148 Å². The first kappa shape index (κ1) is 75.5. The second-order valence-electron chi connectivity index (χ2n) is 27.3. The van der Waals surface area contributed by atoms with E-state index in [1.54, 1.807) is 26.0 Å². The fourth-order valence-electron chi connectivity index (χ4n) is 12.7. The third-order valence-electron chi connectivity index (χ3n) is 18.2. The Morgan fingerprint density at radius 3 is 0.867 bits per heavy atom. The van der Waals surface area contributed by atoms with Crippen LogP contribution >= 0.6 is 0 Å². The van der Waals surface area contributed by atoms with E-state index in [4.69, 9.17) is 9.47 Å². The van der Waals surface area contributed by atoms with Gasteiger partial charge in [-0.15, -0.1) is 0 Å². The molecule has 6 atom stereocenters. The Balaban J connectivity index is 1.78. The van der Waals surface area contributed by atoms with Crippen LogP contribution in [-0.4, -0.2) is 67.0 Å². The summed E-state index contributed by atoms with van der Waals surface area (Å²) in [6, 6.07) is 0. The molecule has 0 aromatic heterocycles. The van der Waals surface area contributed by atoms with Crippen molar-refractivity contribution in [2.24, 2.45) is 10.8 Å². The minimum absolute atomic E-state index is 0.168. The zero-order valence-corrected chi connectivity index (χ0v) is 55.4. The topological polar surface area (TPSA) is 134 Å². The molecule has 0 amide bonds. The lowest BCUT2D eigenvalue weighted by molar-refractivity contribution is -0.223. The molecule has 83 heavy (non-hydrogen) atoms. The van der Waals surface area contributed by atoms with E-state index in [2.05, 4.69) is 13.8 Å². The monoisotopic (exact) mass is 1150 g/mol. The van der Waals surface area contributed by atoms with E-state index in [9.17, 15) is 30.0 Å². The van der Waals surface area contributed by atoms with E-state index in [0.29, 0.717) is 25.7 Å². The standard InChI is InChI=1S/C75H126O8/c1-13-15-17-19-21-23-25-27-29-31-33-35-37-39-41-53-69(77)83-67-59-71(9,10)75(81,73(12,79)61-67)57-55-65(6)51-45-49-63(4)47-43-42-46-62(3)48-44-50-64(5)54-56-74(80)70(7,8)58-66(60-72(74,11)78)82-68(76)52-40-38-36-34-32-30-28-26-24-22-20-18-16-14-2/h42-51,54-57,66-67,78-81H,13-41,52-53,58-61H2,1-12H3/b43-42+,48-44+,49-45+,56-54+,57-55+,62-46+,63-47+,64-50+,65-51+/t66-,67-,72+,73+,74+,75+/m0/s1. The van der Waals surface area contributed by atoms with Crippen LogP contribution in [0.15, 0.2) is 107 Å². The highest BCUT2D eigenvalue weighted by molar-refractivity contribution is 5.70. The molecule has 0 bridgehead atoms. The minimum Gasteiger partial charge on any atom is -0.462 e. The zero-order valence-electron chi connectivity index (χ0n) is 55.4. The summed E-state index contributed by atoms with van der Waals surface area (Å²) in [5, 5.41) is 47.4. The van der Waals surface area contributed by atoms with Gasteiger partial charge >= 0.3 is 11.9 Å². The lowest BCUT2D eigenvalue weighted by atomic mass is 9.57. The molecule has 2 aliphatic rings. The summed E-state index contributed by atoms with van der Waals surface area (Å²) >= 11 is 0. The summed E-state index contributed by atoms with van der Waals surface area (Å²) in [5.74, 6) is -0.431. The number of carbonyl (C=O) groups is 2. The largest absolute Gasteiger partial charge is 0.462 e. The first-order valence-electron chi connectivity index (χ1n) is 33.7. The van der Waals surface area contributed by atoms with Crippen molar-refractivity contribution in [2.75, 3.05) is 0 Å². The summed E-state index contributed by atoms with van der Waals surface area (Å²) in [4.78, 5) is 25.7. The lowest BCUT2D eigenvalue weighted by Gasteiger charge is -2.55. The number of esters is 2. The Kier molecular flexibility index (Phi) is 37.1. The van der Waals surface area contributed by atoms with E-state index in [0.717, 1.165) is 60.8 Å². The molecule has 0 aromatic carbocycles. The molecule has 474 valence electrons. The van der Waals surface area contributed by atoms with Crippen LogP contribution in [0.3, 0.4) is 0 Å². The Labute approximate surface area is 509 Å². The van der Waals surface area contributed by atoms with Crippen LogP contribution < -0.4 is 0 Å². The van der Waals surface area contributed by atoms with Crippen molar-refractivity contribution < 1.29 is 39.5 Å². The highest BCUT2D eigenvalue weighted by atomic mass is 16.5. The molecule has 8 heteroatoms. The van der Waals surface area contributed by atoms with Crippen molar-refractivity contribution in [1.29, 1.82) is 0 Å². The second-order valence-corrected chi connectivity index (χ2v) is 27.3. The summed E-state index contributed by atoms with van der Waals surface area (Å²) in [7, 11) is 0. The van der Waals surface area contributed by atoms with E-state index in [1.807, 2.05) is 128 Å². The van der Waals surface area contributed by atoms with Gasteiger partial charge in [-0.3, -0.25) is 9.59 Å². The Hall–Kier alpha value is -3.56. The first-order chi connectivity index (χ1) is 39.3. The van der Waals surface area contributed by atoms with Gasteiger partial charge < -0.3 is 29.9 Å². The normalized spacial score (nSPS) is 25.5. The van der Waals surface area contributed by atoms with Gasteiger partial charge in [0.25, 0.3) is 0 Å². The summed E-state index contributed by atoms with van der Waals surface area (Å²) in [6.45, 7) is 23.6. The number of aliphatic hydroxyl groups is 4. The van der Waals surface area contributed by atoms with Crippen molar-refractivity contribution in [3.8, 4) is 0 Å². The number of hydrogen-bond acceptors (Lipinski definition) is 8. The van der Waals surface area contributed by atoms with E-state index in [-0.39, 0.29) is 24.8 Å². The number of ether oxygens (including phenoxy) is 2. The number of carbonyl (C=O) groups excluding carboxylic acids is 2. The van der Waals surface area contributed by atoms with Crippen molar-refractivity contribution in [1.82, 2.24) is 0 Å². The number of rotatable bonds is 43. The highest BCUT2D eigenvalue weighted by Crippen LogP contribution is 2.52. The molecule has 2 aliphatic carbocycles. The maximum absolute atomic E-state index is 12.9. The molecular formula is C75H126O8.